The molecule has 2 amide bonds. The zero-order valence-corrected chi connectivity index (χ0v) is 15.7. The van der Waals surface area contributed by atoms with Gasteiger partial charge in [-0.25, -0.2) is 4.79 Å². The van der Waals surface area contributed by atoms with Crippen LogP contribution in [0.25, 0.3) is 0 Å². The Hall–Kier alpha value is -1.97. The molecule has 2 unspecified atom stereocenters. The molecule has 2 N–H and O–H groups in total. The van der Waals surface area contributed by atoms with Crippen LogP contribution in [0.4, 0.5) is 13.6 Å². The van der Waals surface area contributed by atoms with Gasteiger partial charge < -0.3 is 24.8 Å². The molecule has 2 aliphatic heterocycles. The maximum Gasteiger partial charge on any atom is 0.387 e. The molecule has 3 rings (SSSR count). The van der Waals surface area contributed by atoms with Crippen LogP contribution >= 0.6 is 0 Å². The van der Waals surface area contributed by atoms with Crippen LogP contribution in [0.1, 0.15) is 12.0 Å². The number of benzene rings is 1. The number of rotatable bonds is 8. The van der Waals surface area contributed by atoms with Crippen molar-refractivity contribution in [3.05, 3.63) is 29.8 Å². The normalized spacial score (nSPS) is 21.5. The highest BCUT2D eigenvalue weighted by molar-refractivity contribution is 5.73. The summed E-state index contributed by atoms with van der Waals surface area (Å²) in [6.07, 6.45) is 0.998. The van der Waals surface area contributed by atoms with Crippen molar-refractivity contribution in [1.82, 2.24) is 15.5 Å². The number of carbonyl (C=O) groups is 1. The van der Waals surface area contributed by atoms with E-state index in [2.05, 4.69) is 20.3 Å². The first-order valence-corrected chi connectivity index (χ1v) is 9.57. The number of nitrogens with zero attached hydrogens (tertiary/aromatic N) is 1. The van der Waals surface area contributed by atoms with E-state index in [1.165, 1.54) is 12.1 Å². The second kappa shape index (κ2) is 10.5. The summed E-state index contributed by atoms with van der Waals surface area (Å²) in [4.78, 5) is 14.6. The Labute approximate surface area is 163 Å². The number of ether oxygens (including phenoxy) is 3. The number of urea groups is 1. The molecule has 0 radical (unpaired) electrons. The van der Waals surface area contributed by atoms with Crippen LogP contribution < -0.4 is 15.4 Å². The number of hydrogen-bond acceptors (Lipinski definition) is 5. The standard InChI is InChI=1S/C19H27F2N3O4/c20-18(21)28-16-3-1-14(2-4-16)11-22-19(25)23-12-17(15-5-8-27-13-15)24-6-9-26-10-7-24/h1-4,15,17-18H,5-13H2,(H2,22,23,25). The van der Waals surface area contributed by atoms with Crippen LogP contribution in [0, 0.1) is 5.92 Å². The van der Waals surface area contributed by atoms with Gasteiger partial charge in [0.15, 0.2) is 0 Å². The molecule has 28 heavy (non-hydrogen) atoms. The molecule has 2 fully saturated rings. The van der Waals surface area contributed by atoms with E-state index in [1.807, 2.05) is 0 Å². The highest BCUT2D eigenvalue weighted by atomic mass is 19.3. The number of alkyl halides is 2. The predicted molar refractivity (Wildman–Crippen MR) is 98.4 cm³/mol. The van der Waals surface area contributed by atoms with E-state index < -0.39 is 6.61 Å². The van der Waals surface area contributed by atoms with Gasteiger partial charge in [0.1, 0.15) is 5.75 Å². The Kier molecular flexibility index (Phi) is 7.81. The van der Waals surface area contributed by atoms with Crippen molar-refractivity contribution in [2.75, 3.05) is 46.1 Å². The highest BCUT2D eigenvalue weighted by Gasteiger charge is 2.31. The van der Waals surface area contributed by atoms with Crippen molar-refractivity contribution >= 4 is 6.03 Å². The van der Waals surface area contributed by atoms with E-state index in [-0.39, 0.29) is 17.8 Å². The number of amides is 2. The van der Waals surface area contributed by atoms with E-state index >= 15 is 0 Å². The molecule has 9 heteroatoms. The molecule has 156 valence electrons. The average molecular weight is 399 g/mol. The summed E-state index contributed by atoms with van der Waals surface area (Å²) >= 11 is 0. The third-order valence-electron chi connectivity index (χ3n) is 5.10. The smallest absolute Gasteiger partial charge is 0.387 e. The summed E-state index contributed by atoms with van der Waals surface area (Å²) in [5, 5.41) is 5.75. The van der Waals surface area contributed by atoms with Crippen molar-refractivity contribution in [2.24, 2.45) is 5.92 Å². The fourth-order valence-corrected chi connectivity index (χ4v) is 3.59. The quantitative estimate of drug-likeness (QED) is 0.698. The van der Waals surface area contributed by atoms with E-state index in [4.69, 9.17) is 9.47 Å². The second-order valence-corrected chi connectivity index (χ2v) is 6.93. The van der Waals surface area contributed by atoms with Crippen LogP contribution in [0.5, 0.6) is 5.75 Å². The first-order chi connectivity index (χ1) is 13.6. The van der Waals surface area contributed by atoms with Gasteiger partial charge in [-0.1, -0.05) is 12.1 Å². The molecule has 0 saturated carbocycles. The first-order valence-electron chi connectivity index (χ1n) is 9.57. The van der Waals surface area contributed by atoms with Gasteiger partial charge in [0.2, 0.25) is 0 Å². The molecule has 0 bridgehead atoms. The van der Waals surface area contributed by atoms with Crippen LogP contribution in [-0.2, 0) is 16.0 Å². The van der Waals surface area contributed by atoms with Gasteiger partial charge in [-0.3, -0.25) is 4.90 Å². The van der Waals surface area contributed by atoms with E-state index in [1.54, 1.807) is 12.1 Å². The van der Waals surface area contributed by atoms with Gasteiger partial charge in [-0.15, -0.1) is 0 Å². The fourth-order valence-electron chi connectivity index (χ4n) is 3.59. The molecule has 0 spiro atoms. The number of nitrogens with one attached hydrogen (secondary N) is 2. The average Bonchev–Trinajstić information content (AvgIpc) is 3.22. The largest absolute Gasteiger partial charge is 0.435 e. The molecular weight excluding hydrogens is 372 g/mol. The topological polar surface area (TPSA) is 72.1 Å². The maximum absolute atomic E-state index is 12.2. The van der Waals surface area contributed by atoms with Gasteiger partial charge in [0, 0.05) is 44.7 Å². The number of morpholine rings is 1. The van der Waals surface area contributed by atoms with Crippen LogP contribution in [-0.4, -0.2) is 69.6 Å². The SMILES string of the molecule is O=C(NCc1ccc(OC(F)F)cc1)NCC(C1CCOC1)N1CCOCC1. The second-order valence-electron chi connectivity index (χ2n) is 6.93. The summed E-state index contributed by atoms with van der Waals surface area (Å²) in [7, 11) is 0. The third-order valence-corrected chi connectivity index (χ3v) is 5.10. The lowest BCUT2D eigenvalue weighted by Crippen LogP contribution is -2.53. The molecule has 2 atom stereocenters. The fraction of sp³-hybridized carbons (Fsp3) is 0.632. The van der Waals surface area contributed by atoms with Crippen molar-refractivity contribution < 1.29 is 27.8 Å². The molecule has 7 nitrogen and oxygen atoms in total. The van der Waals surface area contributed by atoms with Gasteiger partial charge in [0.25, 0.3) is 0 Å². The summed E-state index contributed by atoms with van der Waals surface area (Å²) in [5.74, 6) is 0.496. The van der Waals surface area contributed by atoms with Gasteiger partial charge in [-0.05, 0) is 24.1 Å². The Morgan fingerprint density at radius 3 is 2.54 bits per heavy atom. The number of carbonyl (C=O) groups excluding carboxylic acids is 1. The highest BCUT2D eigenvalue weighted by Crippen LogP contribution is 2.22. The van der Waals surface area contributed by atoms with E-state index in [0.717, 1.165) is 38.3 Å². The summed E-state index contributed by atoms with van der Waals surface area (Å²) < 4.78 is 39.6. The number of halogens is 2. The van der Waals surface area contributed by atoms with Crippen molar-refractivity contribution in [2.45, 2.75) is 25.6 Å². The minimum Gasteiger partial charge on any atom is -0.435 e. The molecule has 0 aliphatic carbocycles. The Morgan fingerprint density at radius 2 is 1.89 bits per heavy atom. The van der Waals surface area contributed by atoms with Gasteiger partial charge >= 0.3 is 12.6 Å². The van der Waals surface area contributed by atoms with Crippen LogP contribution in [0.3, 0.4) is 0 Å². The van der Waals surface area contributed by atoms with Crippen molar-refractivity contribution in [1.29, 1.82) is 0 Å². The van der Waals surface area contributed by atoms with E-state index in [9.17, 15) is 13.6 Å². The van der Waals surface area contributed by atoms with Crippen molar-refractivity contribution in [3.8, 4) is 5.75 Å². The zero-order chi connectivity index (χ0) is 19.8. The Bertz CT molecular complexity index is 606. The lowest BCUT2D eigenvalue weighted by atomic mass is 9.97. The molecule has 2 aliphatic rings. The minimum absolute atomic E-state index is 0.0929. The zero-order valence-electron chi connectivity index (χ0n) is 15.7. The van der Waals surface area contributed by atoms with Crippen LogP contribution in [0.2, 0.25) is 0 Å². The monoisotopic (exact) mass is 399 g/mol. The molecule has 1 aromatic carbocycles. The molecule has 0 aromatic heterocycles. The molecule has 1 aromatic rings. The minimum atomic E-state index is -2.85. The Balaban J connectivity index is 1.44. The van der Waals surface area contributed by atoms with Gasteiger partial charge in [0.05, 0.1) is 19.8 Å². The predicted octanol–water partition coefficient (Wildman–Crippen LogP) is 1.82. The summed E-state index contributed by atoms with van der Waals surface area (Å²) in [6.45, 7) is 2.62. The maximum atomic E-state index is 12.2. The summed E-state index contributed by atoms with van der Waals surface area (Å²) in [5.41, 5.74) is 0.797. The van der Waals surface area contributed by atoms with Crippen molar-refractivity contribution in [3.63, 3.8) is 0 Å². The van der Waals surface area contributed by atoms with Crippen LogP contribution in [0.15, 0.2) is 24.3 Å². The molecule has 2 saturated heterocycles. The van der Waals surface area contributed by atoms with Gasteiger partial charge in [-0.2, -0.15) is 8.78 Å². The summed E-state index contributed by atoms with van der Waals surface area (Å²) in [6, 6.07) is 6.16. The Morgan fingerprint density at radius 1 is 1.14 bits per heavy atom. The third kappa shape index (κ3) is 6.29. The first kappa shape index (κ1) is 20.8. The lowest BCUT2D eigenvalue weighted by Gasteiger charge is -2.37. The molecule has 2 heterocycles. The number of hydrogen-bond donors (Lipinski definition) is 2. The van der Waals surface area contributed by atoms with E-state index in [0.29, 0.717) is 32.2 Å². The molecular formula is C19H27F2N3O4. The lowest BCUT2D eigenvalue weighted by molar-refractivity contribution is -0.0498.